The van der Waals surface area contributed by atoms with Crippen LogP contribution in [0.3, 0.4) is 0 Å². The van der Waals surface area contributed by atoms with Gasteiger partial charge in [-0.15, -0.1) is 0 Å². The number of hydrogen-bond donors (Lipinski definition) is 1. The third-order valence-electron chi connectivity index (χ3n) is 8.42. The van der Waals surface area contributed by atoms with Gasteiger partial charge in [-0.25, -0.2) is 0 Å². The van der Waals surface area contributed by atoms with Crippen LogP contribution in [0.15, 0.2) is 127 Å². The summed E-state index contributed by atoms with van der Waals surface area (Å²) in [7, 11) is -2.76. The van der Waals surface area contributed by atoms with Crippen LogP contribution in [0, 0.1) is 0 Å². The van der Waals surface area contributed by atoms with Gasteiger partial charge >= 0.3 is 0 Å². The highest BCUT2D eigenvalue weighted by Crippen LogP contribution is 2.49. The van der Waals surface area contributed by atoms with Crippen LogP contribution in [0.4, 0.5) is 5.69 Å². The van der Waals surface area contributed by atoms with E-state index in [0.29, 0.717) is 11.8 Å². The second kappa shape index (κ2) is 10.4. The molecule has 0 spiro atoms. The standard InChI is InChI=1S/C37H37NSi/c1-26(2)30-24-15-25-31(27(3)4)36(30)38-39(28-16-7-5-8-17-28,29-18-9-6-10-19-29)37-34-22-13-11-20-32(34)33-21-12-14-23-35(33)37/h5-27,37-38H,1-4H3. The second-order valence-corrected chi connectivity index (χ2v) is 15.0. The van der Waals surface area contributed by atoms with Gasteiger partial charge in [-0.3, -0.25) is 0 Å². The lowest BCUT2D eigenvalue weighted by atomic mass is 9.93. The van der Waals surface area contributed by atoms with Gasteiger partial charge in [0.1, 0.15) is 0 Å². The third kappa shape index (κ3) is 4.24. The first-order valence-electron chi connectivity index (χ1n) is 14.2. The van der Waals surface area contributed by atoms with Crippen molar-refractivity contribution >= 4 is 24.3 Å². The van der Waals surface area contributed by atoms with Crippen molar-refractivity contribution in [3.05, 3.63) is 150 Å². The number of hydrogen-bond acceptors (Lipinski definition) is 1. The SMILES string of the molecule is CC(C)c1cccc(C(C)C)c1N[Si](c1ccccc1)(c1ccccc1)C1c2ccccc2-c2ccccc21. The Balaban J connectivity index is 1.74. The largest absolute Gasteiger partial charge is 0.402 e. The van der Waals surface area contributed by atoms with Gasteiger partial charge in [0.15, 0.2) is 0 Å². The molecule has 39 heavy (non-hydrogen) atoms. The van der Waals surface area contributed by atoms with Gasteiger partial charge in [0.05, 0.1) is 0 Å². The van der Waals surface area contributed by atoms with Gasteiger partial charge in [0.25, 0.3) is 0 Å². The molecule has 5 aromatic rings. The lowest BCUT2D eigenvalue weighted by Gasteiger charge is -2.42. The fourth-order valence-electron chi connectivity index (χ4n) is 6.63. The minimum atomic E-state index is -2.76. The quantitative estimate of drug-likeness (QED) is 0.211. The van der Waals surface area contributed by atoms with Crippen LogP contribution in [-0.2, 0) is 0 Å². The van der Waals surface area contributed by atoms with Gasteiger partial charge in [0, 0.05) is 11.2 Å². The number of para-hydroxylation sites is 1. The summed E-state index contributed by atoms with van der Waals surface area (Å²) in [5.74, 6) is 0.820. The first-order chi connectivity index (χ1) is 19.0. The summed E-state index contributed by atoms with van der Waals surface area (Å²) in [6.45, 7) is 9.27. The molecule has 1 nitrogen and oxygen atoms in total. The predicted octanol–water partition coefficient (Wildman–Crippen LogP) is 8.46. The Hall–Kier alpha value is -3.88. The molecule has 0 aliphatic heterocycles. The molecule has 0 atom stereocenters. The zero-order valence-electron chi connectivity index (χ0n) is 23.4. The van der Waals surface area contributed by atoms with Gasteiger partial charge in [0.2, 0.25) is 8.24 Å². The highest BCUT2D eigenvalue weighted by atomic mass is 28.3. The molecule has 0 bridgehead atoms. The van der Waals surface area contributed by atoms with Crippen molar-refractivity contribution in [2.75, 3.05) is 4.98 Å². The van der Waals surface area contributed by atoms with Crippen LogP contribution in [0.2, 0.25) is 0 Å². The van der Waals surface area contributed by atoms with E-state index in [-0.39, 0.29) is 5.54 Å². The average Bonchev–Trinajstić information content (AvgIpc) is 3.31. The zero-order valence-corrected chi connectivity index (χ0v) is 24.4. The van der Waals surface area contributed by atoms with E-state index in [1.54, 1.807) is 0 Å². The Labute approximate surface area is 234 Å². The summed E-state index contributed by atoms with van der Waals surface area (Å²) in [5, 5.41) is 2.81. The molecular formula is C37H37NSi. The molecule has 0 unspecified atom stereocenters. The van der Waals surface area contributed by atoms with Crippen molar-refractivity contribution in [2.45, 2.75) is 45.1 Å². The van der Waals surface area contributed by atoms with Gasteiger partial charge in [-0.1, -0.05) is 155 Å². The Kier molecular flexibility index (Phi) is 6.74. The lowest BCUT2D eigenvalue weighted by molar-refractivity contribution is 0.838. The topological polar surface area (TPSA) is 12.0 Å². The molecule has 1 aliphatic carbocycles. The van der Waals surface area contributed by atoms with Crippen LogP contribution in [0.1, 0.15) is 67.3 Å². The molecule has 0 heterocycles. The maximum Gasteiger partial charge on any atom is 0.230 e. The number of anilines is 1. The Bertz CT molecular complexity index is 1480. The lowest BCUT2D eigenvalue weighted by Crippen LogP contribution is -2.69. The van der Waals surface area contributed by atoms with Crippen molar-refractivity contribution in [1.29, 1.82) is 0 Å². The van der Waals surface area contributed by atoms with Gasteiger partial charge in [-0.2, -0.15) is 0 Å². The van der Waals surface area contributed by atoms with E-state index in [2.05, 4.69) is 160 Å². The number of rotatable bonds is 7. The van der Waals surface area contributed by atoms with Crippen molar-refractivity contribution < 1.29 is 0 Å². The Morgan fingerprint density at radius 1 is 0.487 bits per heavy atom. The number of benzene rings is 5. The summed E-state index contributed by atoms with van der Waals surface area (Å²) in [6.07, 6.45) is 0. The molecule has 0 amide bonds. The minimum absolute atomic E-state index is 0.218. The van der Waals surface area contributed by atoms with E-state index in [4.69, 9.17) is 0 Å². The second-order valence-electron chi connectivity index (χ2n) is 11.4. The van der Waals surface area contributed by atoms with E-state index < -0.39 is 8.24 Å². The van der Waals surface area contributed by atoms with E-state index in [9.17, 15) is 0 Å². The molecule has 0 saturated heterocycles. The molecule has 0 aromatic heterocycles. The average molecular weight is 524 g/mol. The molecule has 1 N–H and O–H groups in total. The maximum atomic E-state index is 4.49. The first-order valence-corrected chi connectivity index (χ1v) is 16.3. The molecule has 0 fully saturated rings. The molecule has 1 aliphatic rings. The zero-order chi connectivity index (χ0) is 27.0. The first kappa shape index (κ1) is 25.4. The number of nitrogens with one attached hydrogen (secondary N) is 1. The summed E-state index contributed by atoms with van der Waals surface area (Å²) >= 11 is 0. The van der Waals surface area contributed by atoms with Crippen LogP contribution in [0.5, 0.6) is 0 Å². The fourth-order valence-corrected chi connectivity index (χ4v) is 11.6. The van der Waals surface area contributed by atoms with Gasteiger partial charge in [-0.05, 0) is 55.6 Å². The third-order valence-corrected chi connectivity index (χ3v) is 13.0. The van der Waals surface area contributed by atoms with Crippen molar-refractivity contribution in [1.82, 2.24) is 0 Å². The van der Waals surface area contributed by atoms with Crippen molar-refractivity contribution in [3.8, 4) is 11.1 Å². The highest BCUT2D eigenvalue weighted by Gasteiger charge is 2.51. The molecule has 2 heteroatoms. The summed E-state index contributed by atoms with van der Waals surface area (Å²) < 4.78 is 0. The summed E-state index contributed by atoms with van der Waals surface area (Å²) in [5.41, 5.74) is 9.92. The Morgan fingerprint density at radius 2 is 0.897 bits per heavy atom. The van der Waals surface area contributed by atoms with Crippen molar-refractivity contribution in [3.63, 3.8) is 0 Å². The summed E-state index contributed by atoms with van der Waals surface area (Å²) in [6, 6.07) is 47.7. The highest BCUT2D eigenvalue weighted by molar-refractivity contribution is 7.06. The normalized spacial score (nSPS) is 13.0. The number of fused-ring (bicyclic) bond motifs is 3. The molecule has 0 saturated carbocycles. The predicted molar refractivity (Wildman–Crippen MR) is 170 cm³/mol. The maximum absolute atomic E-state index is 4.49. The van der Waals surface area contributed by atoms with E-state index in [1.807, 2.05) is 0 Å². The van der Waals surface area contributed by atoms with E-state index in [1.165, 1.54) is 49.4 Å². The molecule has 5 aromatic carbocycles. The molecule has 0 radical (unpaired) electrons. The monoisotopic (exact) mass is 523 g/mol. The molecular weight excluding hydrogens is 487 g/mol. The summed E-state index contributed by atoms with van der Waals surface area (Å²) in [4.78, 5) is 4.49. The fraction of sp³-hybridized carbons (Fsp3) is 0.189. The van der Waals surface area contributed by atoms with Gasteiger partial charge < -0.3 is 4.98 Å². The van der Waals surface area contributed by atoms with Crippen LogP contribution in [0.25, 0.3) is 11.1 Å². The van der Waals surface area contributed by atoms with Crippen molar-refractivity contribution in [2.24, 2.45) is 0 Å². The smallest absolute Gasteiger partial charge is 0.230 e. The minimum Gasteiger partial charge on any atom is -0.402 e. The van der Waals surface area contributed by atoms with E-state index in [0.717, 1.165) is 0 Å². The molecule has 194 valence electrons. The van der Waals surface area contributed by atoms with Crippen LogP contribution >= 0.6 is 0 Å². The van der Waals surface area contributed by atoms with Crippen LogP contribution in [-0.4, -0.2) is 8.24 Å². The van der Waals surface area contributed by atoms with E-state index >= 15 is 0 Å². The molecule has 6 rings (SSSR count). The van der Waals surface area contributed by atoms with Crippen LogP contribution < -0.4 is 15.4 Å². The Morgan fingerprint density at radius 3 is 1.33 bits per heavy atom.